The SMILES string of the molecule is Cc1nn(C)c2c(-c3ccc(C#CC(C)(C)O)nc3C(Cc3cc(F)cc(F)c3)NC(=O)n3nc(C(F)F)c4c3C(F)(F)[C@@H]3C[C@H]43)ccc(Cl)c12. The van der Waals surface area contributed by atoms with Gasteiger partial charge in [-0.1, -0.05) is 23.6 Å². The van der Waals surface area contributed by atoms with E-state index in [1.54, 1.807) is 42.9 Å². The number of aromatic nitrogens is 5. The Labute approximate surface area is 292 Å². The number of hydrogen-bond acceptors (Lipinski definition) is 5. The second-order valence-electron chi connectivity index (χ2n) is 13.4. The highest BCUT2D eigenvalue weighted by atomic mass is 35.5. The van der Waals surface area contributed by atoms with Crippen LogP contribution in [0.4, 0.5) is 31.1 Å². The zero-order valence-electron chi connectivity index (χ0n) is 27.5. The van der Waals surface area contributed by atoms with E-state index in [-0.39, 0.29) is 40.0 Å². The average Bonchev–Trinajstić information content (AvgIpc) is 3.56. The third-order valence-electron chi connectivity index (χ3n) is 9.11. The number of rotatable bonds is 6. The number of alkyl halides is 4. The molecule has 2 N–H and O–H groups in total. The van der Waals surface area contributed by atoms with Gasteiger partial charge in [-0.25, -0.2) is 27.3 Å². The number of nitrogens with zero attached hydrogens (tertiary/aromatic N) is 5. The largest absolute Gasteiger partial charge is 0.378 e. The van der Waals surface area contributed by atoms with Crippen molar-refractivity contribution in [3.05, 3.63) is 98.7 Å². The normalized spacial score (nSPS) is 18.0. The Morgan fingerprint density at radius 1 is 1.10 bits per heavy atom. The molecular weight excluding hydrogens is 698 g/mol. The van der Waals surface area contributed by atoms with Crippen LogP contribution in [0.5, 0.6) is 0 Å². The monoisotopic (exact) mass is 726 g/mol. The first kappa shape index (κ1) is 34.6. The Hall–Kier alpha value is -4.87. The van der Waals surface area contributed by atoms with Crippen LogP contribution in [0.3, 0.4) is 0 Å². The highest BCUT2D eigenvalue weighted by Crippen LogP contribution is 2.68. The molecule has 3 atom stereocenters. The van der Waals surface area contributed by atoms with Crippen molar-refractivity contribution in [2.45, 2.75) is 63.5 Å². The van der Waals surface area contributed by atoms with Gasteiger partial charge in [-0.05, 0) is 81.3 Å². The lowest BCUT2D eigenvalue weighted by atomic mass is 9.93. The molecule has 0 aliphatic heterocycles. The minimum Gasteiger partial charge on any atom is -0.378 e. The summed E-state index contributed by atoms with van der Waals surface area (Å²) in [6, 6.07) is 6.64. The van der Waals surface area contributed by atoms with Crippen molar-refractivity contribution < 1.29 is 36.2 Å². The lowest BCUT2D eigenvalue weighted by molar-refractivity contribution is -0.0293. The minimum absolute atomic E-state index is 0.00437. The molecule has 1 amide bonds. The molecule has 1 unspecified atom stereocenters. The molecule has 264 valence electrons. The van der Waals surface area contributed by atoms with Crippen LogP contribution in [0.15, 0.2) is 42.5 Å². The second-order valence-corrected chi connectivity index (χ2v) is 13.8. The number of carbonyl (C=O) groups excluding carboxylic acids is 1. The first-order valence-electron chi connectivity index (χ1n) is 15.9. The minimum atomic E-state index is -3.60. The first-order valence-corrected chi connectivity index (χ1v) is 16.3. The number of halogens is 7. The summed E-state index contributed by atoms with van der Waals surface area (Å²) in [5.41, 5.74) is -1.21. The van der Waals surface area contributed by atoms with E-state index in [4.69, 9.17) is 16.6 Å². The van der Waals surface area contributed by atoms with E-state index in [1.807, 2.05) is 0 Å². The van der Waals surface area contributed by atoms with E-state index in [0.717, 1.165) is 12.1 Å². The molecule has 2 aliphatic carbocycles. The van der Waals surface area contributed by atoms with Crippen molar-refractivity contribution in [2.24, 2.45) is 13.0 Å². The van der Waals surface area contributed by atoms with E-state index in [0.29, 0.717) is 38.8 Å². The predicted molar refractivity (Wildman–Crippen MR) is 176 cm³/mol. The number of aliphatic hydroxyl groups is 1. The van der Waals surface area contributed by atoms with Crippen molar-refractivity contribution >= 4 is 28.5 Å². The fraction of sp³-hybridized carbons (Fsp3) is 0.333. The predicted octanol–water partition coefficient (Wildman–Crippen LogP) is 7.88. The lowest BCUT2D eigenvalue weighted by Crippen LogP contribution is -2.37. The van der Waals surface area contributed by atoms with Crippen LogP contribution in [-0.2, 0) is 19.4 Å². The van der Waals surface area contributed by atoms with Crippen molar-refractivity contribution in [1.29, 1.82) is 0 Å². The molecule has 0 saturated heterocycles. The van der Waals surface area contributed by atoms with Gasteiger partial charge < -0.3 is 10.4 Å². The zero-order chi connectivity index (χ0) is 36.7. The third kappa shape index (κ3) is 6.12. The van der Waals surface area contributed by atoms with Gasteiger partial charge in [0.05, 0.1) is 28.0 Å². The van der Waals surface area contributed by atoms with Gasteiger partial charge >= 0.3 is 6.03 Å². The van der Waals surface area contributed by atoms with E-state index < -0.39 is 64.9 Å². The summed E-state index contributed by atoms with van der Waals surface area (Å²) in [5, 5.41) is 22.1. The summed E-state index contributed by atoms with van der Waals surface area (Å²) in [4.78, 5) is 18.7. The van der Waals surface area contributed by atoms with Gasteiger partial charge in [-0.2, -0.15) is 23.7 Å². The summed E-state index contributed by atoms with van der Waals surface area (Å²) in [5.74, 6) is -2.06. The van der Waals surface area contributed by atoms with E-state index in [2.05, 4.69) is 27.4 Å². The van der Waals surface area contributed by atoms with Gasteiger partial charge in [0.15, 0.2) is 0 Å². The van der Waals surface area contributed by atoms with Crippen LogP contribution in [0, 0.1) is 36.3 Å². The van der Waals surface area contributed by atoms with Gasteiger partial charge in [0.25, 0.3) is 12.3 Å². The number of hydrogen-bond donors (Lipinski definition) is 2. The van der Waals surface area contributed by atoms with Crippen LogP contribution in [0.25, 0.3) is 22.0 Å². The van der Waals surface area contributed by atoms with Gasteiger partial charge in [-0.15, -0.1) is 0 Å². The highest BCUT2D eigenvalue weighted by Gasteiger charge is 2.67. The van der Waals surface area contributed by atoms with E-state index >= 15 is 8.78 Å². The van der Waals surface area contributed by atoms with E-state index in [1.165, 1.54) is 13.8 Å². The maximum absolute atomic E-state index is 15.5. The number of carbonyl (C=O) groups is 1. The number of nitrogens with one attached hydrogen (secondary N) is 1. The summed E-state index contributed by atoms with van der Waals surface area (Å²) in [6.07, 6.45) is -3.56. The topological polar surface area (TPSA) is 97.9 Å². The standard InChI is InChI=1S/C36H29ClF6N6O2/c1-16-27-25(37)8-7-22(31(27)48(4)46-16)21-6-5-20(9-10-35(2,3)51)44-29(21)26(13-17-11-18(38)14-19(39)12-17)45-34(50)49-32-28(30(47-49)33(40)41)23-15-24(23)36(32,42)43/h5-8,11-12,14,23-24,26,33,51H,13,15H2,1-4H3,(H,45,50)/t23-,24+,26?/m0/s1. The van der Waals surface area contributed by atoms with Gasteiger partial charge in [0.1, 0.15) is 34.3 Å². The second kappa shape index (κ2) is 12.1. The number of amides is 1. The molecule has 5 aromatic rings. The molecule has 3 heterocycles. The lowest BCUT2D eigenvalue weighted by Gasteiger charge is -2.23. The van der Waals surface area contributed by atoms with Gasteiger partial charge in [-0.3, -0.25) is 4.68 Å². The molecule has 0 radical (unpaired) electrons. The van der Waals surface area contributed by atoms with Crippen LogP contribution in [-0.4, -0.2) is 41.3 Å². The summed E-state index contributed by atoms with van der Waals surface area (Å²) < 4.78 is 89.9. The fourth-order valence-corrected chi connectivity index (χ4v) is 7.26. The number of aryl methyl sites for hydroxylation is 2. The Bertz CT molecular complexity index is 2300. The molecule has 15 heteroatoms. The molecule has 8 nitrogen and oxygen atoms in total. The number of benzene rings is 2. The molecule has 51 heavy (non-hydrogen) atoms. The van der Waals surface area contributed by atoms with Crippen molar-refractivity contribution in [2.75, 3.05) is 0 Å². The quantitative estimate of drug-likeness (QED) is 0.137. The molecule has 1 saturated carbocycles. The fourth-order valence-electron chi connectivity index (χ4n) is 6.97. The zero-order valence-corrected chi connectivity index (χ0v) is 28.3. The smallest absolute Gasteiger partial charge is 0.343 e. The number of fused-ring (bicyclic) bond motifs is 4. The molecule has 2 aliphatic rings. The van der Waals surface area contributed by atoms with Crippen molar-refractivity contribution in [3.8, 4) is 23.0 Å². The summed E-state index contributed by atoms with van der Waals surface area (Å²) in [6.45, 7) is 4.69. The Morgan fingerprint density at radius 2 is 1.78 bits per heavy atom. The first-order chi connectivity index (χ1) is 23.9. The highest BCUT2D eigenvalue weighted by molar-refractivity contribution is 6.36. The maximum Gasteiger partial charge on any atom is 0.343 e. The van der Waals surface area contributed by atoms with Crippen LogP contribution in [0.2, 0.25) is 5.02 Å². The van der Waals surface area contributed by atoms with Crippen LogP contribution < -0.4 is 5.32 Å². The molecular formula is C36H29ClF6N6O2. The average molecular weight is 727 g/mol. The van der Waals surface area contributed by atoms with Crippen molar-refractivity contribution in [3.63, 3.8) is 0 Å². The molecule has 0 spiro atoms. The number of pyridine rings is 1. The Kier molecular flexibility index (Phi) is 8.22. The third-order valence-corrected chi connectivity index (χ3v) is 9.42. The van der Waals surface area contributed by atoms with Gasteiger partial charge in [0, 0.05) is 41.1 Å². The summed E-state index contributed by atoms with van der Waals surface area (Å²) in [7, 11) is 1.70. The van der Waals surface area contributed by atoms with Crippen LogP contribution >= 0.6 is 11.6 Å². The maximum atomic E-state index is 15.5. The molecule has 1 fully saturated rings. The summed E-state index contributed by atoms with van der Waals surface area (Å²) >= 11 is 6.56. The van der Waals surface area contributed by atoms with Crippen LogP contribution in [0.1, 0.15) is 78.3 Å². The molecule has 0 bridgehead atoms. The molecule has 2 aromatic carbocycles. The molecule has 3 aromatic heterocycles. The van der Waals surface area contributed by atoms with E-state index in [9.17, 15) is 27.5 Å². The Morgan fingerprint density at radius 3 is 2.45 bits per heavy atom. The Balaban J connectivity index is 1.43. The van der Waals surface area contributed by atoms with Gasteiger partial charge in [0.2, 0.25) is 0 Å². The molecule has 7 rings (SSSR count). The van der Waals surface area contributed by atoms with Crippen molar-refractivity contribution in [1.82, 2.24) is 29.9 Å².